The fourth-order valence-corrected chi connectivity index (χ4v) is 2.44. The molecular weight excluding hydrogens is 345 g/mol. The van der Waals surface area contributed by atoms with Crippen molar-refractivity contribution in [3.63, 3.8) is 0 Å². The zero-order valence-electron chi connectivity index (χ0n) is 14.0. The van der Waals surface area contributed by atoms with Crippen LogP contribution in [0.1, 0.15) is 10.5 Å². The van der Waals surface area contributed by atoms with Gasteiger partial charge in [-0.1, -0.05) is 0 Å². The second-order valence-corrected chi connectivity index (χ2v) is 5.76. The van der Waals surface area contributed by atoms with Crippen LogP contribution in [-0.2, 0) is 0 Å². The number of aromatic nitrogens is 2. The van der Waals surface area contributed by atoms with Crippen molar-refractivity contribution in [3.8, 4) is 5.69 Å². The molecule has 3 aromatic rings. The SMILES string of the molecule is CN(C)c1c(F)cc(NC(=O)c2ccn(-c3ccc(F)cc3)n2)cc1F. The van der Waals surface area contributed by atoms with Gasteiger partial charge in [0.15, 0.2) is 17.3 Å². The predicted molar refractivity (Wildman–Crippen MR) is 92.2 cm³/mol. The van der Waals surface area contributed by atoms with E-state index in [0.717, 1.165) is 12.1 Å². The van der Waals surface area contributed by atoms with Crippen LogP contribution in [0.25, 0.3) is 5.69 Å². The van der Waals surface area contributed by atoms with Gasteiger partial charge in [-0.2, -0.15) is 5.10 Å². The molecule has 3 rings (SSSR count). The average molecular weight is 360 g/mol. The standard InChI is InChI=1S/C18H15F3N4O/c1-24(2)17-14(20)9-12(10-15(17)21)22-18(26)16-7-8-25(23-16)13-5-3-11(19)4-6-13/h3-10H,1-2H3,(H,22,26). The summed E-state index contributed by atoms with van der Waals surface area (Å²) in [6, 6.07) is 9.08. The van der Waals surface area contributed by atoms with E-state index in [0.29, 0.717) is 5.69 Å². The predicted octanol–water partition coefficient (Wildman–Crippen LogP) is 3.61. The Labute approximate surface area is 147 Å². The molecule has 8 heteroatoms. The highest BCUT2D eigenvalue weighted by Gasteiger charge is 2.16. The summed E-state index contributed by atoms with van der Waals surface area (Å²) in [4.78, 5) is 13.6. The fraction of sp³-hybridized carbons (Fsp3) is 0.111. The van der Waals surface area contributed by atoms with Crippen LogP contribution in [-0.4, -0.2) is 29.8 Å². The zero-order chi connectivity index (χ0) is 18.8. The maximum atomic E-state index is 14.0. The third-order valence-corrected chi connectivity index (χ3v) is 3.63. The molecule has 2 aromatic carbocycles. The van der Waals surface area contributed by atoms with E-state index < -0.39 is 17.5 Å². The molecule has 5 nitrogen and oxygen atoms in total. The Morgan fingerprint density at radius 2 is 1.65 bits per heavy atom. The van der Waals surface area contributed by atoms with Crippen molar-refractivity contribution >= 4 is 17.3 Å². The first-order valence-electron chi connectivity index (χ1n) is 7.64. The quantitative estimate of drug-likeness (QED) is 0.773. The molecule has 0 radical (unpaired) electrons. The first-order chi connectivity index (χ1) is 12.3. The van der Waals surface area contributed by atoms with E-state index >= 15 is 0 Å². The van der Waals surface area contributed by atoms with Crippen LogP contribution < -0.4 is 10.2 Å². The number of anilines is 2. The number of rotatable bonds is 4. The van der Waals surface area contributed by atoms with Crippen LogP contribution in [0.5, 0.6) is 0 Å². The van der Waals surface area contributed by atoms with Crippen molar-refractivity contribution in [2.24, 2.45) is 0 Å². The van der Waals surface area contributed by atoms with E-state index in [2.05, 4.69) is 10.4 Å². The summed E-state index contributed by atoms with van der Waals surface area (Å²) in [5, 5.41) is 6.49. The van der Waals surface area contributed by atoms with Crippen molar-refractivity contribution in [3.05, 3.63) is 71.8 Å². The summed E-state index contributed by atoms with van der Waals surface area (Å²) in [7, 11) is 3.03. The van der Waals surface area contributed by atoms with Crippen LogP contribution >= 0.6 is 0 Å². The molecule has 134 valence electrons. The second-order valence-electron chi connectivity index (χ2n) is 5.76. The molecule has 0 atom stereocenters. The first-order valence-corrected chi connectivity index (χ1v) is 7.64. The molecule has 1 heterocycles. The molecule has 1 N–H and O–H groups in total. The molecule has 0 bridgehead atoms. The molecule has 1 amide bonds. The van der Waals surface area contributed by atoms with Gasteiger partial charge >= 0.3 is 0 Å². The van der Waals surface area contributed by atoms with Gasteiger partial charge in [-0.25, -0.2) is 17.9 Å². The molecule has 0 aliphatic heterocycles. The van der Waals surface area contributed by atoms with Gasteiger partial charge in [-0.3, -0.25) is 4.79 Å². The summed E-state index contributed by atoms with van der Waals surface area (Å²) >= 11 is 0. The number of halogens is 3. The lowest BCUT2D eigenvalue weighted by Crippen LogP contribution is -2.16. The second kappa shape index (κ2) is 6.91. The number of nitrogens with zero attached hydrogens (tertiary/aromatic N) is 3. The topological polar surface area (TPSA) is 50.2 Å². The third kappa shape index (κ3) is 3.53. The maximum Gasteiger partial charge on any atom is 0.276 e. The molecule has 0 spiro atoms. The Morgan fingerprint density at radius 1 is 1.04 bits per heavy atom. The maximum absolute atomic E-state index is 14.0. The Hall–Kier alpha value is -3.29. The van der Waals surface area contributed by atoms with Gasteiger partial charge in [-0.15, -0.1) is 0 Å². The average Bonchev–Trinajstić information content (AvgIpc) is 3.04. The highest BCUT2D eigenvalue weighted by Crippen LogP contribution is 2.25. The van der Waals surface area contributed by atoms with E-state index in [1.807, 2.05) is 0 Å². The van der Waals surface area contributed by atoms with Crippen LogP contribution in [0, 0.1) is 17.5 Å². The minimum Gasteiger partial charge on any atom is -0.373 e. The Bertz CT molecular complexity index is 928. The number of carbonyl (C=O) groups is 1. The lowest BCUT2D eigenvalue weighted by atomic mass is 10.2. The molecule has 26 heavy (non-hydrogen) atoms. The van der Waals surface area contributed by atoms with Crippen molar-refractivity contribution < 1.29 is 18.0 Å². The summed E-state index contributed by atoms with van der Waals surface area (Å²) in [6.07, 6.45) is 1.53. The van der Waals surface area contributed by atoms with E-state index in [9.17, 15) is 18.0 Å². The van der Waals surface area contributed by atoms with Crippen LogP contribution in [0.4, 0.5) is 24.5 Å². The number of amides is 1. The van der Waals surface area contributed by atoms with E-state index in [4.69, 9.17) is 0 Å². The molecule has 1 aromatic heterocycles. The Balaban J connectivity index is 1.80. The van der Waals surface area contributed by atoms with Gasteiger partial charge in [0, 0.05) is 26.0 Å². The van der Waals surface area contributed by atoms with E-state index in [1.54, 1.807) is 0 Å². The van der Waals surface area contributed by atoms with Crippen molar-refractivity contribution in [2.75, 3.05) is 24.3 Å². The summed E-state index contributed by atoms with van der Waals surface area (Å²) in [6.45, 7) is 0. The minimum atomic E-state index is -0.790. The smallest absolute Gasteiger partial charge is 0.276 e. The van der Waals surface area contributed by atoms with Gasteiger partial charge in [0.1, 0.15) is 11.5 Å². The number of nitrogens with one attached hydrogen (secondary N) is 1. The van der Waals surface area contributed by atoms with Gasteiger partial charge < -0.3 is 10.2 Å². The monoisotopic (exact) mass is 360 g/mol. The van der Waals surface area contributed by atoms with Crippen molar-refractivity contribution in [1.29, 1.82) is 0 Å². The highest BCUT2D eigenvalue weighted by atomic mass is 19.1. The van der Waals surface area contributed by atoms with E-state index in [1.165, 1.54) is 60.2 Å². The Kier molecular flexibility index (Phi) is 4.66. The molecule has 0 aliphatic rings. The molecule has 0 unspecified atom stereocenters. The molecule has 0 fully saturated rings. The van der Waals surface area contributed by atoms with Crippen LogP contribution in [0.3, 0.4) is 0 Å². The molecule has 0 aliphatic carbocycles. The van der Waals surface area contributed by atoms with Crippen molar-refractivity contribution in [1.82, 2.24) is 9.78 Å². The third-order valence-electron chi connectivity index (χ3n) is 3.63. The molecule has 0 saturated carbocycles. The highest BCUT2D eigenvalue weighted by molar-refractivity contribution is 6.02. The van der Waals surface area contributed by atoms with Gasteiger partial charge in [0.05, 0.1) is 5.69 Å². The van der Waals surface area contributed by atoms with Gasteiger partial charge in [0.25, 0.3) is 5.91 Å². The number of hydrogen-bond acceptors (Lipinski definition) is 3. The fourth-order valence-electron chi connectivity index (χ4n) is 2.44. The Morgan fingerprint density at radius 3 is 2.23 bits per heavy atom. The molecular formula is C18H15F3N4O. The minimum absolute atomic E-state index is 0.0214. The summed E-state index contributed by atoms with van der Waals surface area (Å²) in [5.74, 6) is -2.59. The summed E-state index contributed by atoms with van der Waals surface area (Å²) in [5.41, 5.74) is 0.403. The summed E-state index contributed by atoms with van der Waals surface area (Å²) < 4.78 is 42.3. The van der Waals surface area contributed by atoms with Crippen LogP contribution in [0.15, 0.2) is 48.7 Å². The number of hydrogen-bond donors (Lipinski definition) is 1. The number of benzene rings is 2. The zero-order valence-corrected chi connectivity index (χ0v) is 14.0. The van der Waals surface area contributed by atoms with Gasteiger partial charge in [0.2, 0.25) is 0 Å². The lowest BCUT2D eigenvalue weighted by Gasteiger charge is -2.15. The largest absolute Gasteiger partial charge is 0.373 e. The van der Waals surface area contributed by atoms with E-state index in [-0.39, 0.29) is 22.9 Å². The lowest BCUT2D eigenvalue weighted by molar-refractivity contribution is 0.102. The normalized spacial score (nSPS) is 10.7. The van der Waals surface area contributed by atoms with Crippen molar-refractivity contribution in [2.45, 2.75) is 0 Å². The van der Waals surface area contributed by atoms with Crippen LogP contribution in [0.2, 0.25) is 0 Å². The molecule has 0 saturated heterocycles. The first kappa shape index (κ1) is 17.5. The van der Waals surface area contributed by atoms with Gasteiger partial charge in [-0.05, 0) is 42.5 Å². The number of carbonyl (C=O) groups excluding carboxylic acids is 1.